The van der Waals surface area contributed by atoms with Gasteiger partial charge in [0.1, 0.15) is 0 Å². The van der Waals surface area contributed by atoms with Gasteiger partial charge in [0.15, 0.2) is 6.04 Å². The van der Waals surface area contributed by atoms with Gasteiger partial charge in [-0.15, -0.1) is 0 Å². The summed E-state index contributed by atoms with van der Waals surface area (Å²) in [6, 6.07) is 4.28. The monoisotopic (exact) mass is 372 g/mol. The highest BCUT2D eigenvalue weighted by molar-refractivity contribution is 7.89. The van der Waals surface area contributed by atoms with Crippen molar-refractivity contribution in [3.8, 4) is 0 Å². The molecule has 1 unspecified atom stereocenters. The van der Waals surface area contributed by atoms with Crippen molar-refractivity contribution in [2.45, 2.75) is 10.9 Å². The second-order valence-electron chi connectivity index (χ2n) is 5.34. The average Bonchev–Trinajstić information content (AvgIpc) is 2.61. The Balaban J connectivity index is 2.13. The molecular formula is C15H20N2O7S. The lowest BCUT2D eigenvalue weighted by Gasteiger charge is -2.32. The Kier molecular flexibility index (Phi) is 6.48. The zero-order valence-corrected chi connectivity index (χ0v) is 14.5. The standard InChI is InChI=1S/C15H20N2O7S/c1-23-8-6-16-25(21,22)12-4-2-11(3-5-12)14(18)17-7-9-24-10-13(17)15(19)20/h2-5,13,16H,6-10H2,1H3,(H,19,20). The van der Waals surface area contributed by atoms with Crippen LogP contribution < -0.4 is 4.72 Å². The third-order valence-corrected chi connectivity index (χ3v) is 5.16. The van der Waals surface area contributed by atoms with Crippen LogP contribution in [0.2, 0.25) is 0 Å². The first-order valence-electron chi connectivity index (χ1n) is 7.57. The Morgan fingerprint density at radius 3 is 2.64 bits per heavy atom. The largest absolute Gasteiger partial charge is 0.480 e. The number of carboxylic acid groups (broad SMARTS) is 1. The fourth-order valence-corrected chi connectivity index (χ4v) is 3.37. The second-order valence-corrected chi connectivity index (χ2v) is 7.11. The second kappa shape index (κ2) is 8.39. The van der Waals surface area contributed by atoms with Crippen LogP contribution in [0.4, 0.5) is 0 Å². The fourth-order valence-electron chi connectivity index (χ4n) is 2.36. The molecule has 1 saturated heterocycles. The van der Waals surface area contributed by atoms with Gasteiger partial charge >= 0.3 is 5.97 Å². The Hall–Kier alpha value is -2.01. The summed E-state index contributed by atoms with van der Waals surface area (Å²) in [5.41, 5.74) is 0.212. The number of hydrogen-bond donors (Lipinski definition) is 2. The van der Waals surface area contributed by atoms with E-state index in [-0.39, 0.29) is 43.4 Å². The molecule has 1 aliphatic rings. The Morgan fingerprint density at radius 2 is 2.04 bits per heavy atom. The first-order chi connectivity index (χ1) is 11.9. The molecule has 1 heterocycles. The minimum Gasteiger partial charge on any atom is -0.480 e. The molecule has 1 amide bonds. The van der Waals surface area contributed by atoms with Crippen molar-refractivity contribution in [2.75, 3.05) is 40.0 Å². The third-order valence-electron chi connectivity index (χ3n) is 3.68. The molecule has 0 bridgehead atoms. The molecule has 1 aromatic carbocycles. The van der Waals surface area contributed by atoms with E-state index in [1.54, 1.807) is 0 Å². The first kappa shape index (κ1) is 19.3. The van der Waals surface area contributed by atoms with Crippen molar-refractivity contribution >= 4 is 21.9 Å². The first-order valence-corrected chi connectivity index (χ1v) is 9.05. The Morgan fingerprint density at radius 1 is 1.36 bits per heavy atom. The molecule has 0 saturated carbocycles. The zero-order valence-electron chi connectivity index (χ0n) is 13.7. The van der Waals surface area contributed by atoms with Gasteiger partial charge in [-0.05, 0) is 24.3 Å². The van der Waals surface area contributed by atoms with Gasteiger partial charge in [-0.25, -0.2) is 17.9 Å². The Bertz CT molecular complexity index is 718. The van der Waals surface area contributed by atoms with Gasteiger partial charge in [0.25, 0.3) is 5.91 Å². The highest BCUT2D eigenvalue weighted by Crippen LogP contribution is 2.16. The molecule has 1 aromatic rings. The fraction of sp³-hybridized carbons (Fsp3) is 0.467. The van der Waals surface area contributed by atoms with Gasteiger partial charge in [-0.3, -0.25) is 4.79 Å². The number of carbonyl (C=O) groups excluding carboxylic acids is 1. The molecular weight excluding hydrogens is 352 g/mol. The number of nitrogens with zero attached hydrogens (tertiary/aromatic N) is 1. The van der Waals surface area contributed by atoms with Crippen LogP contribution in [0.1, 0.15) is 10.4 Å². The molecule has 2 rings (SSSR count). The minimum atomic E-state index is -3.69. The number of sulfonamides is 1. The van der Waals surface area contributed by atoms with Gasteiger partial charge < -0.3 is 19.5 Å². The van der Waals surface area contributed by atoms with Crippen LogP contribution in [0.15, 0.2) is 29.2 Å². The maximum Gasteiger partial charge on any atom is 0.328 e. The maximum atomic E-state index is 12.5. The number of nitrogens with one attached hydrogen (secondary N) is 1. The highest BCUT2D eigenvalue weighted by Gasteiger charge is 2.33. The summed E-state index contributed by atoms with van der Waals surface area (Å²) >= 11 is 0. The molecule has 2 N–H and O–H groups in total. The number of amides is 1. The van der Waals surface area contributed by atoms with E-state index in [9.17, 15) is 23.1 Å². The topological polar surface area (TPSA) is 122 Å². The predicted octanol–water partition coefficient (Wildman–Crippen LogP) is -0.463. The quantitative estimate of drug-likeness (QED) is 0.621. The van der Waals surface area contributed by atoms with E-state index in [2.05, 4.69) is 4.72 Å². The van der Waals surface area contributed by atoms with Gasteiger partial charge in [0.2, 0.25) is 10.0 Å². The van der Waals surface area contributed by atoms with Crippen LogP contribution >= 0.6 is 0 Å². The average molecular weight is 372 g/mol. The van der Waals surface area contributed by atoms with Crippen molar-refractivity contribution in [1.29, 1.82) is 0 Å². The van der Waals surface area contributed by atoms with Crippen molar-refractivity contribution in [2.24, 2.45) is 0 Å². The van der Waals surface area contributed by atoms with Gasteiger partial charge in [0.05, 0.1) is 24.7 Å². The molecule has 1 fully saturated rings. The van der Waals surface area contributed by atoms with Crippen LogP contribution in [0.3, 0.4) is 0 Å². The molecule has 138 valence electrons. The smallest absolute Gasteiger partial charge is 0.328 e. The molecule has 9 nitrogen and oxygen atoms in total. The number of carboxylic acids is 1. The SMILES string of the molecule is COCCNS(=O)(=O)c1ccc(C(=O)N2CCOCC2C(=O)O)cc1. The van der Waals surface area contributed by atoms with Crippen LogP contribution in [0.5, 0.6) is 0 Å². The summed E-state index contributed by atoms with van der Waals surface area (Å²) in [5.74, 6) is -1.62. The van der Waals surface area contributed by atoms with Crippen molar-refractivity contribution < 1.29 is 32.6 Å². The van der Waals surface area contributed by atoms with Crippen LogP contribution in [-0.2, 0) is 24.3 Å². The molecule has 0 aromatic heterocycles. The lowest BCUT2D eigenvalue weighted by atomic mass is 10.1. The highest BCUT2D eigenvalue weighted by atomic mass is 32.2. The van der Waals surface area contributed by atoms with E-state index in [0.29, 0.717) is 0 Å². The van der Waals surface area contributed by atoms with E-state index in [1.807, 2.05) is 0 Å². The number of carbonyl (C=O) groups is 2. The summed E-state index contributed by atoms with van der Waals surface area (Å²) in [7, 11) is -2.23. The number of benzene rings is 1. The van der Waals surface area contributed by atoms with Crippen LogP contribution in [-0.4, -0.2) is 76.4 Å². The van der Waals surface area contributed by atoms with Crippen molar-refractivity contribution in [1.82, 2.24) is 9.62 Å². The number of aliphatic carboxylic acids is 1. The normalized spacial score (nSPS) is 18.1. The number of morpholine rings is 1. The lowest BCUT2D eigenvalue weighted by molar-refractivity contribution is -0.147. The number of ether oxygens (including phenoxy) is 2. The number of hydrogen-bond acceptors (Lipinski definition) is 6. The molecule has 1 aliphatic heterocycles. The molecule has 25 heavy (non-hydrogen) atoms. The predicted molar refractivity (Wildman–Crippen MR) is 86.8 cm³/mol. The summed E-state index contributed by atoms with van der Waals surface area (Å²) < 4.78 is 36.4. The zero-order chi connectivity index (χ0) is 18.4. The maximum absolute atomic E-state index is 12.5. The Labute approximate surface area is 145 Å². The summed E-state index contributed by atoms with van der Waals surface area (Å²) in [4.78, 5) is 25.0. The summed E-state index contributed by atoms with van der Waals surface area (Å²) in [6.45, 7) is 0.716. The lowest BCUT2D eigenvalue weighted by Crippen LogP contribution is -2.52. The van der Waals surface area contributed by atoms with E-state index in [1.165, 1.54) is 36.3 Å². The molecule has 0 aliphatic carbocycles. The third kappa shape index (κ3) is 4.75. The van der Waals surface area contributed by atoms with E-state index in [0.717, 1.165) is 0 Å². The summed E-state index contributed by atoms with van der Waals surface area (Å²) in [6.07, 6.45) is 0. The van der Waals surface area contributed by atoms with E-state index >= 15 is 0 Å². The van der Waals surface area contributed by atoms with Crippen LogP contribution in [0.25, 0.3) is 0 Å². The number of methoxy groups -OCH3 is 1. The van der Waals surface area contributed by atoms with E-state index in [4.69, 9.17) is 9.47 Å². The molecule has 10 heteroatoms. The van der Waals surface area contributed by atoms with Gasteiger partial charge in [-0.1, -0.05) is 0 Å². The molecule has 0 spiro atoms. The van der Waals surface area contributed by atoms with Crippen molar-refractivity contribution in [3.63, 3.8) is 0 Å². The minimum absolute atomic E-state index is 0.0110. The van der Waals surface area contributed by atoms with E-state index < -0.39 is 27.9 Å². The van der Waals surface area contributed by atoms with Gasteiger partial charge in [-0.2, -0.15) is 0 Å². The van der Waals surface area contributed by atoms with Crippen molar-refractivity contribution in [3.05, 3.63) is 29.8 Å². The van der Waals surface area contributed by atoms with Gasteiger partial charge in [0, 0.05) is 25.8 Å². The van der Waals surface area contributed by atoms with Crippen LogP contribution in [0, 0.1) is 0 Å². The summed E-state index contributed by atoms with van der Waals surface area (Å²) in [5, 5.41) is 9.19. The molecule has 0 radical (unpaired) electrons. The molecule has 1 atom stereocenters. The number of rotatable bonds is 7.